The Balaban J connectivity index is 0.947. The smallest absolute Gasteiger partial charge is 0.141 e. The van der Waals surface area contributed by atoms with Crippen LogP contribution in [0.2, 0.25) is 5.15 Å². The van der Waals surface area contributed by atoms with Crippen molar-refractivity contribution in [2.75, 3.05) is 33.3 Å². The van der Waals surface area contributed by atoms with Gasteiger partial charge in [-0.05, 0) is 56.3 Å². The van der Waals surface area contributed by atoms with Crippen LogP contribution in [0, 0.1) is 6.04 Å². The minimum absolute atomic E-state index is 0.588. The van der Waals surface area contributed by atoms with Gasteiger partial charge in [0.15, 0.2) is 0 Å². The molecular formula is C28H28ClN8O. The van der Waals surface area contributed by atoms with Crippen molar-refractivity contribution in [1.29, 1.82) is 0 Å². The van der Waals surface area contributed by atoms with Crippen LogP contribution in [0.1, 0.15) is 18.4 Å². The topological polar surface area (TPSA) is 88.0 Å². The molecule has 1 aromatic carbocycles. The second kappa shape index (κ2) is 9.65. The molecule has 2 fully saturated rings. The van der Waals surface area contributed by atoms with Crippen molar-refractivity contribution in [2.24, 2.45) is 0 Å². The van der Waals surface area contributed by atoms with Gasteiger partial charge in [0, 0.05) is 60.0 Å². The zero-order chi connectivity index (χ0) is 25.6. The minimum Gasteiger partial charge on any atom is -0.497 e. The number of aromatic amines is 1. The van der Waals surface area contributed by atoms with E-state index in [0.29, 0.717) is 11.2 Å². The van der Waals surface area contributed by atoms with Crippen molar-refractivity contribution in [1.82, 2.24) is 39.5 Å². The van der Waals surface area contributed by atoms with Gasteiger partial charge in [-0.2, -0.15) is 5.10 Å². The Morgan fingerprint density at radius 3 is 2.82 bits per heavy atom. The van der Waals surface area contributed by atoms with Gasteiger partial charge in [0.2, 0.25) is 0 Å². The molecule has 1 N–H and O–H groups in total. The van der Waals surface area contributed by atoms with Crippen molar-refractivity contribution in [2.45, 2.75) is 25.4 Å². The maximum atomic E-state index is 6.55. The molecule has 7 rings (SSSR count). The summed E-state index contributed by atoms with van der Waals surface area (Å²) in [6.07, 6.45) is 9.76. The maximum Gasteiger partial charge on any atom is 0.141 e. The quantitative estimate of drug-likeness (QED) is 0.328. The molecule has 4 aromatic heterocycles. The molecule has 0 unspecified atom stereocenters. The van der Waals surface area contributed by atoms with Crippen LogP contribution in [-0.4, -0.2) is 78.8 Å². The summed E-state index contributed by atoms with van der Waals surface area (Å²) in [4.78, 5) is 21.6. The van der Waals surface area contributed by atoms with E-state index in [1.165, 1.54) is 6.04 Å². The molecule has 0 saturated carbocycles. The number of likely N-dealkylation sites (tertiary alicyclic amines) is 2. The van der Waals surface area contributed by atoms with E-state index in [1.54, 1.807) is 13.4 Å². The van der Waals surface area contributed by atoms with Gasteiger partial charge in [-0.3, -0.25) is 14.5 Å². The second-order valence-electron chi connectivity index (χ2n) is 10.1. The highest BCUT2D eigenvalue weighted by Gasteiger charge is 2.36. The monoisotopic (exact) mass is 527 g/mol. The number of piperidine rings is 1. The number of fused-ring (bicyclic) bond motifs is 2. The van der Waals surface area contributed by atoms with E-state index >= 15 is 0 Å². The molecule has 0 amide bonds. The van der Waals surface area contributed by atoms with Crippen LogP contribution in [0.25, 0.3) is 33.2 Å². The van der Waals surface area contributed by atoms with Gasteiger partial charge in [-0.25, -0.2) is 15.0 Å². The Morgan fingerprint density at radius 1 is 1.11 bits per heavy atom. The lowest BCUT2D eigenvalue weighted by Crippen LogP contribution is -2.56. The molecule has 0 atom stereocenters. The second-order valence-corrected chi connectivity index (χ2v) is 10.5. The third-order valence-corrected chi connectivity index (χ3v) is 8.15. The Hall–Kier alpha value is -3.53. The molecule has 193 valence electrons. The number of aromatic nitrogens is 6. The zero-order valence-electron chi connectivity index (χ0n) is 21.1. The zero-order valence-corrected chi connectivity index (χ0v) is 21.9. The fourth-order valence-corrected chi connectivity index (χ4v) is 5.85. The van der Waals surface area contributed by atoms with E-state index in [-0.39, 0.29) is 0 Å². The largest absolute Gasteiger partial charge is 0.497 e. The first-order valence-electron chi connectivity index (χ1n) is 12.9. The molecule has 0 spiro atoms. The number of nitrogens with zero attached hydrogens (tertiary/aromatic N) is 7. The van der Waals surface area contributed by atoms with E-state index in [9.17, 15) is 0 Å². The summed E-state index contributed by atoms with van der Waals surface area (Å²) in [7, 11) is 1.68. The fourth-order valence-electron chi connectivity index (χ4n) is 5.64. The van der Waals surface area contributed by atoms with Gasteiger partial charge in [-0.1, -0.05) is 11.6 Å². The summed E-state index contributed by atoms with van der Waals surface area (Å²) in [5.74, 6) is 0.831. The third kappa shape index (κ3) is 4.30. The number of hydrogen-bond donors (Lipinski definition) is 1. The molecule has 0 bridgehead atoms. The van der Waals surface area contributed by atoms with Crippen LogP contribution < -0.4 is 4.74 Å². The Kier molecular flexibility index (Phi) is 5.99. The van der Waals surface area contributed by atoms with E-state index in [1.807, 2.05) is 41.3 Å². The van der Waals surface area contributed by atoms with E-state index in [0.717, 1.165) is 90.1 Å². The van der Waals surface area contributed by atoms with Crippen LogP contribution in [0.5, 0.6) is 5.75 Å². The first-order chi connectivity index (χ1) is 18.6. The number of benzene rings is 1. The summed E-state index contributed by atoms with van der Waals surface area (Å²) >= 11 is 6.55. The Morgan fingerprint density at radius 2 is 1.97 bits per heavy atom. The minimum atomic E-state index is 0.588. The SMILES string of the molecule is COc1ccc2nc(Cl)c(CN3CCC(N4C[C](n5cc(-c6ncnc7[nH]ccc67)cn5)C4)CC3)cc2c1. The van der Waals surface area contributed by atoms with Gasteiger partial charge in [-0.15, -0.1) is 0 Å². The maximum absolute atomic E-state index is 6.55. The van der Waals surface area contributed by atoms with Crippen molar-refractivity contribution >= 4 is 33.5 Å². The van der Waals surface area contributed by atoms with Gasteiger partial charge >= 0.3 is 0 Å². The summed E-state index contributed by atoms with van der Waals surface area (Å²) in [5.41, 5.74) is 4.72. The molecule has 6 heterocycles. The molecule has 38 heavy (non-hydrogen) atoms. The van der Waals surface area contributed by atoms with Gasteiger partial charge in [0.1, 0.15) is 28.9 Å². The average molecular weight is 528 g/mol. The first kappa shape index (κ1) is 23.6. The van der Waals surface area contributed by atoms with Crippen molar-refractivity contribution in [3.8, 4) is 17.0 Å². The lowest BCUT2D eigenvalue weighted by molar-refractivity contribution is 0.0669. The van der Waals surface area contributed by atoms with Crippen molar-refractivity contribution in [3.05, 3.63) is 72.0 Å². The summed E-state index contributed by atoms with van der Waals surface area (Å²) in [6, 6.07) is 12.0. The Bertz CT molecular complexity index is 1600. The predicted molar refractivity (Wildman–Crippen MR) is 147 cm³/mol. The predicted octanol–water partition coefficient (Wildman–Crippen LogP) is 4.39. The van der Waals surface area contributed by atoms with Crippen LogP contribution in [0.15, 0.2) is 55.2 Å². The summed E-state index contributed by atoms with van der Waals surface area (Å²) < 4.78 is 7.39. The highest BCUT2D eigenvalue weighted by atomic mass is 35.5. The first-order valence-corrected chi connectivity index (χ1v) is 13.3. The number of hydrogen-bond acceptors (Lipinski definition) is 7. The molecule has 5 aromatic rings. The fraction of sp³-hybridized carbons (Fsp3) is 0.321. The standard InChI is InChI=1S/C28H28ClN8O/c1-38-23-2-3-25-18(11-23)10-19(27(29)34-25)13-35-8-5-21(6-9-35)36-15-22(16-36)37-14-20(12-33-37)26-24-4-7-30-28(24)32-17-31-26/h2-4,7,10-12,14,17,21H,5-6,8-9,13,15-16H2,1H3,(H,30,31,32). The number of ether oxygens (including phenoxy) is 1. The number of rotatable bonds is 6. The van der Waals surface area contributed by atoms with Gasteiger partial charge < -0.3 is 9.72 Å². The van der Waals surface area contributed by atoms with Crippen LogP contribution in [0.4, 0.5) is 0 Å². The van der Waals surface area contributed by atoms with E-state index in [4.69, 9.17) is 16.3 Å². The number of pyridine rings is 1. The lowest BCUT2D eigenvalue weighted by atomic mass is 9.97. The molecule has 1 radical (unpaired) electrons. The highest BCUT2D eigenvalue weighted by Crippen LogP contribution is 2.31. The van der Waals surface area contributed by atoms with Crippen molar-refractivity contribution in [3.63, 3.8) is 0 Å². The van der Waals surface area contributed by atoms with Crippen LogP contribution >= 0.6 is 11.6 Å². The third-order valence-electron chi connectivity index (χ3n) is 7.82. The summed E-state index contributed by atoms with van der Waals surface area (Å²) in [6.45, 7) is 4.83. The highest BCUT2D eigenvalue weighted by molar-refractivity contribution is 6.30. The van der Waals surface area contributed by atoms with Crippen LogP contribution in [-0.2, 0) is 6.54 Å². The molecule has 9 nitrogen and oxygen atoms in total. The molecule has 10 heteroatoms. The van der Waals surface area contributed by atoms with E-state index < -0.39 is 0 Å². The van der Waals surface area contributed by atoms with Crippen molar-refractivity contribution < 1.29 is 4.74 Å². The Labute approximate surface area is 225 Å². The van der Waals surface area contributed by atoms with Gasteiger partial charge in [0.25, 0.3) is 0 Å². The number of nitrogens with one attached hydrogen (secondary N) is 1. The number of H-pyrrole nitrogens is 1. The van der Waals surface area contributed by atoms with E-state index in [2.05, 4.69) is 47.1 Å². The lowest BCUT2D eigenvalue weighted by Gasteiger charge is -2.46. The summed E-state index contributed by atoms with van der Waals surface area (Å²) in [5, 5.41) is 7.29. The number of methoxy groups -OCH3 is 1. The molecule has 2 saturated heterocycles. The average Bonchev–Trinajstić information content (AvgIpc) is 3.59. The molecule has 0 aliphatic carbocycles. The van der Waals surface area contributed by atoms with Crippen LogP contribution in [0.3, 0.4) is 0 Å². The van der Waals surface area contributed by atoms with Gasteiger partial charge in [0.05, 0.1) is 24.5 Å². The normalized spacial score (nSPS) is 17.8. The molecule has 2 aliphatic heterocycles. The molecule has 2 aliphatic rings. The molecular weight excluding hydrogens is 500 g/mol. The number of halogens is 1.